The number of aliphatic imine (C=N–C) groups is 1. The van der Waals surface area contributed by atoms with Gasteiger partial charge in [0.25, 0.3) is 5.91 Å². The second kappa shape index (κ2) is 13.2. The van der Waals surface area contributed by atoms with Crippen LogP contribution >= 0.6 is 0 Å². The van der Waals surface area contributed by atoms with Crippen molar-refractivity contribution in [3.8, 4) is 0 Å². The van der Waals surface area contributed by atoms with E-state index in [9.17, 15) is 4.79 Å². The molecule has 0 fully saturated rings. The number of anilines is 1. The Hall–Kier alpha value is -2.92. The summed E-state index contributed by atoms with van der Waals surface area (Å²) in [6.07, 6.45) is 10.1. The Balaban J connectivity index is 0.00000316. The van der Waals surface area contributed by atoms with Gasteiger partial charge in [-0.15, -0.1) is 0 Å². The summed E-state index contributed by atoms with van der Waals surface area (Å²) in [4.78, 5) is 19.7. The lowest BCUT2D eigenvalue weighted by Crippen LogP contribution is -2.30. The second-order valence-electron chi connectivity index (χ2n) is 9.22. The molecule has 2 atom stereocenters. The van der Waals surface area contributed by atoms with Gasteiger partial charge in [0.2, 0.25) is 0 Å². The van der Waals surface area contributed by atoms with Crippen LogP contribution in [0, 0.1) is 11.8 Å². The Morgan fingerprint density at radius 3 is 2.54 bits per heavy atom. The number of fused-ring (bicyclic) bond motifs is 1. The molecule has 2 aliphatic rings. The fraction of sp³-hybridized carbons (Fsp3) is 0.433. The number of allylic oxidation sites excluding steroid dienone is 5. The Morgan fingerprint density at radius 2 is 1.89 bits per heavy atom. The molecular weight excluding hydrogens is 432 g/mol. The number of nitrogens with zero attached hydrogens (tertiary/aromatic N) is 2. The van der Waals surface area contributed by atoms with E-state index in [1.54, 1.807) is 0 Å². The van der Waals surface area contributed by atoms with Crippen molar-refractivity contribution in [2.45, 2.75) is 67.5 Å². The molecule has 3 rings (SSSR count). The summed E-state index contributed by atoms with van der Waals surface area (Å²) in [5.74, 6) is 1.49. The van der Waals surface area contributed by atoms with Crippen molar-refractivity contribution in [2.75, 3.05) is 18.9 Å². The maximum atomic E-state index is 12.8. The topological polar surface area (TPSA) is 56.7 Å². The zero-order chi connectivity index (χ0) is 26.1. The van der Waals surface area contributed by atoms with Crippen LogP contribution in [0.15, 0.2) is 76.1 Å². The van der Waals surface area contributed by atoms with E-state index in [2.05, 4.69) is 82.5 Å². The van der Waals surface area contributed by atoms with E-state index in [0.29, 0.717) is 5.92 Å². The van der Waals surface area contributed by atoms with E-state index in [1.807, 2.05) is 50.4 Å². The monoisotopic (exact) mass is 479 g/mol. The molecule has 1 amide bonds. The number of amides is 1. The average Bonchev–Trinajstić information content (AvgIpc) is 3.64. The number of hydrogen-bond donors (Lipinski definition) is 2. The first-order chi connectivity index (χ1) is 16.7. The van der Waals surface area contributed by atoms with Crippen molar-refractivity contribution < 1.29 is 7.65 Å². The molecular formula is C30H47N4O. The first-order valence-electron chi connectivity index (χ1n) is 12.8. The molecule has 0 bridgehead atoms. The van der Waals surface area contributed by atoms with Crippen molar-refractivity contribution in [2.24, 2.45) is 10.9 Å². The minimum absolute atomic E-state index is 0. The van der Waals surface area contributed by atoms with Crippen LogP contribution in [-0.4, -0.2) is 36.7 Å². The van der Waals surface area contributed by atoms with E-state index in [-0.39, 0.29) is 20.8 Å². The van der Waals surface area contributed by atoms with Crippen LogP contribution in [0.3, 0.4) is 0 Å². The largest absolute Gasteiger partial charge is 0.379 e. The lowest BCUT2D eigenvalue weighted by Gasteiger charge is -2.19. The number of hydrogen-bond acceptors (Lipinski definition) is 4. The van der Waals surface area contributed by atoms with Crippen LogP contribution in [-0.2, 0) is 4.79 Å². The molecule has 5 heteroatoms. The minimum Gasteiger partial charge on any atom is -0.379 e. The van der Waals surface area contributed by atoms with Crippen LogP contribution < -0.4 is 10.6 Å². The molecule has 1 aromatic rings. The minimum atomic E-state index is -0.0664. The van der Waals surface area contributed by atoms with Gasteiger partial charge in [0, 0.05) is 52.2 Å². The van der Waals surface area contributed by atoms with Crippen LogP contribution in [0.4, 0.5) is 5.69 Å². The predicted octanol–water partition coefficient (Wildman–Crippen LogP) is 7.10. The first kappa shape index (κ1) is 28.3. The highest BCUT2D eigenvalue weighted by molar-refractivity contribution is 6.10. The summed E-state index contributed by atoms with van der Waals surface area (Å²) in [7, 11) is 2.06. The van der Waals surface area contributed by atoms with Gasteiger partial charge in [-0.3, -0.25) is 9.79 Å². The van der Waals surface area contributed by atoms with E-state index in [1.165, 1.54) is 11.5 Å². The zero-order valence-corrected chi connectivity index (χ0v) is 22.9. The quantitative estimate of drug-likeness (QED) is 0.352. The lowest BCUT2D eigenvalue weighted by atomic mass is 9.98. The van der Waals surface area contributed by atoms with Crippen LogP contribution in [0.5, 0.6) is 0 Å². The third-order valence-electron chi connectivity index (χ3n) is 6.00. The highest BCUT2D eigenvalue weighted by Gasteiger charge is 2.35. The summed E-state index contributed by atoms with van der Waals surface area (Å²) in [5.41, 5.74) is 6.00. The molecule has 5 nitrogen and oxygen atoms in total. The van der Waals surface area contributed by atoms with Gasteiger partial charge in [-0.1, -0.05) is 57.6 Å². The van der Waals surface area contributed by atoms with E-state index >= 15 is 0 Å². The van der Waals surface area contributed by atoms with E-state index in [0.717, 1.165) is 34.6 Å². The van der Waals surface area contributed by atoms with Crippen LogP contribution in [0.2, 0.25) is 0 Å². The van der Waals surface area contributed by atoms with Gasteiger partial charge in [0.15, 0.2) is 0 Å². The molecule has 0 aliphatic heterocycles. The molecule has 0 saturated heterocycles. The van der Waals surface area contributed by atoms with Gasteiger partial charge in [0.1, 0.15) is 0 Å². The smallest absolute Gasteiger partial charge is 0.255 e. The van der Waals surface area contributed by atoms with Gasteiger partial charge < -0.3 is 15.5 Å². The molecule has 0 heterocycles. The van der Waals surface area contributed by atoms with Gasteiger partial charge in [-0.2, -0.15) is 0 Å². The molecule has 1 aromatic carbocycles. The third-order valence-corrected chi connectivity index (χ3v) is 6.00. The SMILES string of the molecule is CC.CCN(C)/C=C(/N=CC(C)N[C@@H](C)c1cccc(NC(=O)C2=CC=C(C)[C]3C=C32)c1)C(C)C.[HH].[HH]. The Kier molecular flexibility index (Phi) is 10.7. The van der Waals surface area contributed by atoms with Gasteiger partial charge in [-0.25, -0.2) is 0 Å². The predicted molar refractivity (Wildman–Crippen MR) is 155 cm³/mol. The summed E-state index contributed by atoms with van der Waals surface area (Å²) < 4.78 is 0. The number of carbonyl (C=O) groups excluding carboxylic acids is 1. The maximum absolute atomic E-state index is 12.8. The standard InChI is InChI=1S/C28H37N4O.C2H6.2H2/c1-8-32(7)17-27(18(2)3)29-16-20(5)30-21(6)22-10-9-11-23(14-22)31-28(33)24-13-12-19(4)25-15-26(24)25;1-2;;/h9-18,20-21,30H,8H2,1-7H3,(H,31,33);1-2H3;2*1H/b27-17+,29-16?;;;/t20?,21-;;;/m0.../s1. The fourth-order valence-corrected chi connectivity index (χ4v) is 3.71. The highest BCUT2D eigenvalue weighted by atomic mass is 16.1. The Labute approximate surface area is 215 Å². The number of carbonyl (C=O) groups is 1. The molecule has 1 radical (unpaired) electrons. The molecule has 2 N–H and O–H groups in total. The molecule has 193 valence electrons. The fourth-order valence-electron chi connectivity index (χ4n) is 3.71. The van der Waals surface area contributed by atoms with Gasteiger partial charge in [0.05, 0.1) is 11.6 Å². The zero-order valence-electron chi connectivity index (χ0n) is 22.9. The summed E-state index contributed by atoms with van der Waals surface area (Å²) in [6.45, 7) is 17.7. The van der Waals surface area contributed by atoms with Crippen molar-refractivity contribution in [3.63, 3.8) is 0 Å². The van der Waals surface area contributed by atoms with Crippen molar-refractivity contribution in [3.05, 3.63) is 82.6 Å². The Bertz CT molecular complexity index is 1040. The maximum Gasteiger partial charge on any atom is 0.255 e. The summed E-state index contributed by atoms with van der Waals surface area (Å²) in [6, 6.07) is 8.23. The normalized spacial score (nSPS) is 17.0. The summed E-state index contributed by atoms with van der Waals surface area (Å²) >= 11 is 0. The first-order valence-corrected chi connectivity index (χ1v) is 12.8. The van der Waals surface area contributed by atoms with E-state index in [4.69, 9.17) is 4.99 Å². The number of benzene rings is 1. The molecule has 0 spiro atoms. The van der Waals surface area contributed by atoms with Crippen LogP contribution in [0.1, 0.15) is 69.8 Å². The lowest BCUT2D eigenvalue weighted by molar-refractivity contribution is -0.112. The third kappa shape index (κ3) is 8.07. The molecule has 1 unspecified atom stereocenters. The van der Waals surface area contributed by atoms with Gasteiger partial charge in [-0.05, 0) is 63.0 Å². The van der Waals surface area contributed by atoms with Gasteiger partial charge >= 0.3 is 0 Å². The molecule has 2 aliphatic carbocycles. The number of rotatable bonds is 10. The molecule has 0 saturated carbocycles. The Morgan fingerprint density at radius 1 is 1.17 bits per heavy atom. The number of nitrogens with one attached hydrogen (secondary N) is 2. The van der Waals surface area contributed by atoms with Crippen molar-refractivity contribution in [1.29, 1.82) is 0 Å². The summed E-state index contributed by atoms with van der Waals surface area (Å²) in [5, 5.41) is 6.64. The van der Waals surface area contributed by atoms with Crippen molar-refractivity contribution in [1.82, 2.24) is 10.2 Å². The van der Waals surface area contributed by atoms with Crippen molar-refractivity contribution >= 4 is 17.8 Å². The van der Waals surface area contributed by atoms with E-state index < -0.39 is 0 Å². The second-order valence-corrected chi connectivity index (χ2v) is 9.22. The molecule has 35 heavy (non-hydrogen) atoms. The highest BCUT2D eigenvalue weighted by Crippen LogP contribution is 2.45. The molecule has 0 aromatic heterocycles. The van der Waals surface area contributed by atoms with Crippen LogP contribution in [0.25, 0.3) is 0 Å². The average molecular weight is 480 g/mol.